The van der Waals surface area contributed by atoms with Gasteiger partial charge in [-0.3, -0.25) is 0 Å². The first-order valence-electron chi connectivity index (χ1n) is 6.06. The third kappa shape index (κ3) is 3.51. The van der Waals surface area contributed by atoms with Gasteiger partial charge in [0.15, 0.2) is 5.11 Å². The number of benzene rings is 2. The van der Waals surface area contributed by atoms with Gasteiger partial charge in [-0.15, -0.1) is 0 Å². The summed E-state index contributed by atoms with van der Waals surface area (Å²) in [7, 11) is 0. The fourth-order valence-electron chi connectivity index (χ4n) is 1.69. The lowest BCUT2D eigenvalue weighted by molar-refractivity contribution is 0.586. The lowest BCUT2D eigenvalue weighted by Crippen LogP contribution is -2.19. The normalized spacial score (nSPS) is 10.2. The van der Waals surface area contributed by atoms with Crippen LogP contribution in [0.1, 0.15) is 11.1 Å². The highest BCUT2D eigenvalue weighted by molar-refractivity contribution is 7.80. The largest absolute Gasteiger partial charge is 0.332 e. The number of anilines is 2. The molecule has 2 N–H and O–H groups in total. The maximum atomic E-state index is 13.5. The summed E-state index contributed by atoms with van der Waals surface area (Å²) in [5, 5.41) is 5.91. The molecule has 2 aromatic carbocycles. The van der Waals surface area contributed by atoms with Gasteiger partial charge in [-0.05, 0) is 61.5 Å². The average Bonchev–Trinajstić information content (AvgIpc) is 2.37. The Balaban J connectivity index is 2.07. The summed E-state index contributed by atoms with van der Waals surface area (Å²) in [6, 6.07) is 9.09. The van der Waals surface area contributed by atoms with Crippen molar-refractivity contribution in [1.82, 2.24) is 0 Å². The first-order valence-corrected chi connectivity index (χ1v) is 6.47. The molecule has 0 aliphatic rings. The molecular weight excluding hydrogens is 278 g/mol. The number of rotatable bonds is 2. The lowest BCUT2D eigenvalue weighted by atomic mass is 10.1. The number of hydrogen-bond acceptors (Lipinski definition) is 1. The highest BCUT2D eigenvalue weighted by Crippen LogP contribution is 2.17. The molecule has 0 aromatic heterocycles. The van der Waals surface area contributed by atoms with Crippen molar-refractivity contribution in [2.45, 2.75) is 13.8 Å². The van der Waals surface area contributed by atoms with E-state index < -0.39 is 11.6 Å². The van der Waals surface area contributed by atoms with Crippen molar-refractivity contribution < 1.29 is 8.78 Å². The second-order valence-corrected chi connectivity index (χ2v) is 4.91. The van der Waals surface area contributed by atoms with Crippen LogP contribution in [0, 0.1) is 25.5 Å². The topological polar surface area (TPSA) is 24.1 Å². The second kappa shape index (κ2) is 5.96. The Bertz CT molecular complexity index is 656. The average molecular weight is 292 g/mol. The molecule has 0 heterocycles. The maximum Gasteiger partial charge on any atom is 0.175 e. The molecule has 0 unspecified atom stereocenters. The van der Waals surface area contributed by atoms with Gasteiger partial charge in [0.1, 0.15) is 11.6 Å². The van der Waals surface area contributed by atoms with Gasteiger partial charge in [0.25, 0.3) is 0 Å². The van der Waals surface area contributed by atoms with E-state index in [0.717, 1.165) is 17.3 Å². The predicted octanol–water partition coefficient (Wildman–Crippen LogP) is 4.39. The number of aryl methyl sites for hydroxylation is 2. The van der Waals surface area contributed by atoms with Crippen LogP contribution in [0.15, 0.2) is 36.4 Å². The summed E-state index contributed by atoms with van der Waals surface area (Å²) in [6.45, 7) is 4.01. The molecule has 2 nitrogen and oxygen atoms in total. The molecule has 5 heteroatoms. The molecule has 0 saturated heterocycles. The Labute approximate surface area is 121 Å². The molecule has 0 radical (unpaired) electrons. The predicted molar refractivity (Wildman–Crippen MR) is 82.1 cm³/mol. The molecular formula is C15H14F2N2S. The first-order chi connectivity index (χ1) is 9.45. The minimum absolute atomic E-state index is 0.132. The number of thiocarbonyl (C=S) groups is 1. The quantitative estimate of drug-likeness (QED) is 0.803. The molecule has 2 rings (SSSR count). The van der Waals surface area contributed by atoms with Gasteiger partial charge in [-0.25, -0.2) is 8.78 Å². The van der Waals surface area contributed by atoms with Gasteiger partial charge < -0.3 is 10.6 Å². The van der Waals surface area contributed by atoms with E-state index in [4.69, 9.17) is 12.2 Å². The van der Waals surface area contributed by atoms with Crippen LogP contribution >= 0.6 is 12.2 Å². The van der Waals surface area contributed by atoms with Crippen molar-refractivity contribution in [3.05, 3.63) is 59.2 Å². The van der Waals surface area contributed by atoms with Crippen molar-refractivity contribution in [3.63, 3.8) is 0 Å². The molecule has 0 aliphatic heterocycles. The summed E-state index contributed by atoms with van der Waals surface area (Å²) in [6.07, 6.45) is 0. The molecule has 2 aromatic rings. The van der Waals surface area contributed by atoms with Crippen LogP contribution in [0.2, 0.25) is 0 Å². The van der Waals surface area contributed by atoms with Crippen LogP contribution in [-0.4, -0.2) is 5.11 Å². The van der Waals surface area contributed by atoms with Crippen molar-refractivity contribution in [2.75, 3.05) is 10.6 Å². The lowest BCUT2D eigenvalue weighted by Gasteiger charge is -2.12. The molecule has 0 fully saturated rings. The summed E-state index contributed by atoms with van der Waals surface area (Å²) in [5.74, 6) is -1.31. The van der Waals surface area contributed by atoms with Crippen molar-refractivity contribution in [3.8, 4) is 0 Å². The Morgan fingerprint density at radius 3 is 2.35 bits per heavy atom. The first kappa shape index (κ1) is 14.4. The highest BCUT2D eigenvalue weighted by atomic mass is 32.1. The zero-order chi connectivity index (χ0) is 14.7. The van der Waals surface area contributed by atoms with E-state index in [1.54, 1.807) is 0 Å². The van der Waals surface area contributed by atoms with E-state index in [-0.39, 0.29) is 10.8 Å². The third-order valence-corrected chi connectivity index (χ3v) is 3.15. The monoisotopic (exact) mass is 292 g/mol. The van der Waals surface area contributed by atoms with E-state index in [0.29, 0.717) is 0 Å². The van der Waals surface area contributed by atoms with E-state index in [2.05, 4.69) is 10.6 Å². The molecule has 0 spiro atoms. The Kier molecular flexibility index (Phi) is 4.29. The smallest absolute Gasteiger partial charge is 0.175 e. The van der Waals surface area contributed by atoms with E-state index >= 15 is 0 Å². The van der Waals surface area contributed by atoms with Gasteiger partial charge in [-0.2, -0.15) is 0 Å². The van der Waals surface area contributed by atoms with Crippen molar-refractivity contribution in [2.24, 2.45) is 0 Å². The van der Waals surface area contributed by atoms with Crippen molar-refractivity contribution >= 4 is 28.7 Å². The fourth-order valence-corrected chi connectivity index (χ4v) is 1.92. The van der Waals surface area contributed by atoms with E-state index in [1.807, 2.05) is 32.0 Å². The van der Waals surface area contributed by atoms with Crippen molar-refractivity contribution in [1.29, 1.82) is 0 Å². The molecule has 0 bridgehead atoms. The summed E-state index contributed by atoms with van der Waals surface area (Å²) < 4.78 is 26.3. The SMILES string of the molecule is Cc1ccc(NC(=S)Nc2ccc(F)cc2F)cc1C. The van der Waals surface area contributed by atoms with Crippen LogP contribution in [0.25, 0.3) is 0 Å². The molecule has 0 saturated carbocycles. The van der Waals surface area contributed by atoms with E-state index in [9.17, 15) is 8.78 Å². The van der Waals surface area contributed by atoms with Gasteiger partial charge in [-0.1, -0.05) is 6.07 Å². The summed E-state index contributed by atoms with van der Waals surface area (Å²) in [5.41, 5.74) is 3.26. The van der Waals surface area contributed by atoms with Crippen LogP contribution < -0.4 is 10.6 Å². The fraction of sp³-hybridized carbons (Fsp3) is 0.133. The second-order valence-electron chi connectivity index (χ2n) is 4.50. The Hall–Kier alpha value is -2.01. The van der Waals surface area contributed by atoms with Gasteiger partial charge in [0.05, 0.1) is 5.69 Å². The van der Waals surface area contributed by atoms with Crippen LogP contribution in [0.5, 0.6) is 0 Å². The number of nitrogens with one attached hydrogen (secondary N) is 2. The zero-order valence-electron chi connectivity index (χ0n) is 11.1. The van der Waals surface area contributed by atoms with Gasteiger partial charge in [0.2, 0.25) is 0 Å². The zero-order valence-corrected chi connectivity index (χ0v) is 11.9. The minimum Gasteiger partial charge on any atom is -0.332 e. The van der Waals surface area contributed by atoms with E-state index in [1.165, 1.54) is 17.7 Å². The third-order valence-electron chi connectivity index (χ3n) is 2.94. The molecule has 20 heavy (non-hydrogen) atoms. The van der Waals surface area contributed by atoms with Crippen LogP contribution in [-0.2, 0) is 0 Å². The molecule has 0 aliphatic carbocycles. The highest BCUT2D eigenvalue weighted by Gasteiger charge is 2.06. The Morgan fingerprint density at radius 1 is 0.950 bits per heavy atom. The number of hydrogen-bond donors (Lipinski definition) is 2. The number of halogens is 2. The summed E-state index contributed by atoms with van der Waals surface area (Å²) in [4.78, 5) is 0. The van der Waals surface area contributed by atoms with Gasteiger partial charge >= 0.3 is 0 Å². The van der Waals surface area contributed by atoms with Crippen LogP contribution in [0.4, 0.5) is 20.2 Å². The molecule has 0 amide bonds. The minimum atomic E-state index is -0.686. The van der Waals surface area contributed by atoms with Crippen LogP contribution in [0.3, 0.4) is 0 Å². The maximum absolute atomic E-state index is 13.5. The Morgan fingerprint density at radius 2 is 1.70 bits per heavy atom. The van der Waals surface area contributed by atoms with Gasteiger partial charge in [0, 0.05) is 11.8 Å². The standard InChI is InChI=1S/C15H14F2N2S/c1-9-3-5-12(7-10(9)2)18-15(20)19-14-6-4-11(16)8-13(14)17/h3-8H,1-2H3,(H2,18,19,20). The summed E-state index contributed by atoms with van der Waals surface area (Å²) >= 11 is 5.10. The molecule has 0 atom stereocenters. The molecule has 104 valence electrons.